The lowest BCUT2D eigenvalue weighted by molar-refractivity contribution is 0.0618. The summed E-state index contributed by atoms with van der Waals surface area (Å²) in [5.74, 6) is -0.00903. The van der Waals surface area contributed by atoms with E-state index in [1.54, 1.807) is 11.9 Å². The molecule has 0 saturated heterocycles. The zero-order valence-corrected chi connectivity index (χ0v) is 11.1. The van der Waals surface area contributed by atoms with Crippen LogP contribution in [0.15, 0.2) is 24.3 Å². The summed E-state index contributed by atoms with van der Waals surface area (Å²) in [6.45, 7) is 3.37. The van der Waals surface area contributed by atoms with Gasteiger partial charge in [0.15, 0.2) is 0 Å². The Labute approximate surface area is 108 Å². The van der Waals surface area contributed by atoms with Crippen molar-refractivity contribution >= 4 is 5.91 Å². The maximum atomic E-state index is 12.0. The van der Waals surface area contributed by atoms with E-state index in [-0.39, 0.29) is 12.5 Å². The molecule has 0 saturated carbocycles. The van der Waals surface area contributed by atoms with Crippen LogP contribution in [0.3, 0.4) is 0 Å². The summed E-state index contributed by atoms with van der Waals surface area (Å²) in [6.07, 6.45) is 0.972. The Balaban J connectivity index is 2.46. The highest BCUT2D eigenvalue weighted by atomic mass is 16.5. The van der Waals surface area contributed by atoms with Gasteiger partial charge < -0.3 is 14.7 Å². The number of rotatable bonds is 7. The maximum absolute atomic E-state index is 12.0. The Morgan fingerprint density at radius 2 is 1.94 bits per heavy atom. The van der Waals surface area contributed by atoms with Crippen LogP contribution in [0.4, 0.5) is 0 Å². The standard InChI is InChI=1S/C14H21NO3/c1-3-12-4-6-13(7-5-12)14(17)15(2)8-10-18-11-9-16/h4-7,16H,3,8-11H2,1-2H3. The van der Waals surface area contributed by atoms with E-state index >= 15 is 0 Å². The van der Waals surface area contributed by atoms with Gasteiger partial charge in [0, 0.05) is 19.2 Å². The van der Waals surface area contributed by atoms with Crippen LogP contribution in [0.2, 0.25) is 0 Å². The van der Waals surface area contributed by atoms with Crippen molar-refractivity contribution in [2.24, 2.45) is 0 Å². The molecule has 0 aliphatic heterocycles. The summed E-state index contributed by atoms with van der Waals surface area (Å²) < 4.78 is 5.13. The van der Waals surface area contributed by atoms with Gasteiger partial charge in [-0.1, -0.05) is 19.1 Å². The monoisotopic (exact) mass is 251 g/mol. The molecule has 100 valence electrons. The van der Waals surface area contributed by atoms with Crippen LogP contribution in [-0.2, 0) is 11.2 Å². The van der Waals surface area contributed by atoms with Gasteiger partial charge >= 0.3 is 0 Å². The van der Waals surface area contributed by atoms with Gasteiger partial charge in [0.05, 0.1) is 19.8 Å². The topological polar surface area (TPSA) is 49.8 Å². The molecule has 0 fully saturated rings. The van der Waals surface area contributed by atoms with Crippen molar-refractivity contribution in [2.45, 2.75) is 13.3 Å². The predicted octanol–water partition coefficient (Wildman–Crippen LogP) is 1.33. The van der Waals surface area contributed by atoms with Crippen LogP contribution in [0.5, 0.6) is 0 Å². The van der Waals surface area contributed by atoms with Crippen LogP contribution in [-0.4, -0.2) is 49.3 Å². The van der Waals surface area contributed by atoms with E-state index in [1.807, 2.05) is 24.3 Å². The fourth-order valence-electron chi connectivity index (χ4n) is 1.57. The molecule has 1 amide bonds. The normalized spacial score (nSPS) is 10.4. The van der Waals surface area contributed by atoms with E-state index in [2.05, 4.69) is 6.92 Å². The summed E-state index contributed by atoms with van der Waals surface area (Å²) >= 11 is 0. The third-order valence-electron chi connectivity index (χ3n) is 2.76. The Hall–Kier alpha value is -1.39. The minimum atomic E-state index is -0.00903. The van der Waals surface area contributed by atoms with Gasteiger partial charge in [-0.2, -0.15) is 0 Å². The number of nitrogens with zero attached hydrogens (tertiary/aromatic N) is 1. The molecule has 4 heteroatoms. The molecular formula is C14H21NO3. The molecule has 0 aromatic heterocycles. The van der Waals surface area contributed by atoms with E-state index < -0.39 is 0 Å². The number of benzene rings is 1. The zero-order chi connectivity index (χ0) is 13.4. The molecule has 0 aliphatic rings. The van der Waals surface area contributed by atoms with Crippen molar-refractivity contribution in [1.82, 2.24) is 4.90 Å². The van der Waals surface area contributed by atoms with Crippen molar-refractivity contribution in [2.75, 3.05) is 33.4 Å². The summed E-state index contributed by atoms with van der Waals surface area (Å²) in [6, 6.07) is 7.66. The van der Waals surface area contributed by atoms with Crippen LogP contribution < -0.4 is 0 Å². The first-order valence-corrected chi connectivity index (χ1v) is 6.22. The van der Waals surface area contributed by atoms with Crippen LogP contribution in [0, 0.1) is 0 Å². The molecule has 1 aromatic rings. The van der Waals surface area contributed by atoms with Gasteiger partial charge in [0.1, 0.15) is 0 Å². The Bertz CT molecular complexity index is 362. The smallest absolute Gasteiger partial charge is 0.253 e. The minimum absolute atomic E-state index is 0.00903. The Morgan fingerprint density at radius 1 is 1.28 bits per heavy atom. The largest absolute Gasteiger partial charge is 0.394 e. The summed E-state index contributed by atoms with van der Waals surface area (Å²) in [7, 11) is 1.75. The number of ether oxygens (including phenoxy) is 1. The van der Waals surface area contributed by atoms with Gasteiger partial charge in [-0.25, -0.2) is 0 Å². The first kappa shape index (κ1) is 14.7. The second-order valence-electron chi connectivity index (χ2n) is 4.11. The van der Waals surface area contributed by atoms with Crippen molar-refractivity contribution in [3.8, 4) is 0 Å². The van der Waals surface area contributed by atoms with Gasteiger partial charge in [0.25, 0.3) is 5.91 Å². The molecule has 0 unspecified atom stereocenters. The molecule has 1 N–H and O–H groups in total. The molecule has 18 heavy (non-hydrogen) atoms. The molecule has 1 rings (SSSR count). The number of aliphatic hydroxyl groups is 1. The average molecular weight is 251 g/mol. The van der Waals surface area contributed by atoms with Gasteiger partial charge in [-0.15, -0.1) is 0 Å². The van der Waals surface area contributed by atoms with E-state index in [9.17, 15) is 4.79 Å². The number of likely N-dealkylation sites (N-methyl/N-ethyl adjacent to an activating group) is 1. The van der Waals surface area contributed by atoms with E-state index in [0.29, 0.717) is 25.3 Å². The Kier molecular flexibility index (Phi) is 6.39. The highest BCUT2D eigenvalue weighted by Crippen LogP contribution is 2.07. The molecule has 0 aliphatic carbocycles. The molecule has 0 radical (unpaired) electrons. The average Bonchev–Trinajstić information content (AvgIpc) is 2.42. The fraction of sp³-hybridized carbons (Fsp3) is 0.500. The molecule has 0 spiro atoms. The van der Waals surface area contributed by atoms with Crippen LogP contribution in [0.25, 0.3) is 0 Å². The maximum Gasteiger partial charge on any atom is 0.253 e. The molecular weight excluding hydrogens is 230 g/mol. The summed E-state index contributed by atoms with van der Waals surface area (Å²) in [5.41, 5.74) is 1.91. The van der Waals surface area contributed by atoms with Gasteiger partial charge in [-0.05, 0) is 24.1 Å². The lowest BCUT2D eigenvalue weighted by Crippen LogP contribution is -2.30. The number of aliphatic hydroxyl groups excluding tert-OH is 1. The van der Waals surface area contributed by atoms with Crippen molar-refractivity contribution in [3.63, 3.8) is 0 Å². The molecule has 4 nitrogen and oxygen atoms in total. The van der Waals surface area contributed by atoms with Gasteiger partial charge in [-0.3, -0.25) is 4.79 Å². The van der Waals surface area contributed by atoms with E-state index in [0.717, 1.165) is 6.42 Å². The summed E-state index contributed by atoms with van der Waals surface area (Å²) in [5, 5.41) is 8.56. The molecule has 0 bridgehead atoms. The first-order valence-electron chi connectivity index (χ1n) is 6.22. The zero-order valence-electron chi connectivity index (χ0n) is 11.1. The second kappa shape index (κ2) is 7.84. The number of carbonyl (C=O) groups excluding carboxylic acids is 1. The SMILES string of the molecule is CCc1ccc(C(=O)N(C)CCOCCO)cc1. The van der Waals surface area contributed by atoms with E-state index in [1.165, 1.54) is 5.56 Å². The molecule has 0 heterocycles. The fourth-order valence-corrected chi connectivity index (χ4v) is 1.57. The minimum Gasteiger partial charge on any atom is -0.394 e. The molecule has 0 atom stereocenters. The number of hydrogen-bond acceptors (Lipinski definition) is 3. The molecule has 1 aromatic carbocycles. The van der Waals surface area contributed by atoms with E-state index in [4.69, 9.17) is 9.84 Å². The lowest BCUT2D eigenvalue weighted by Gasteiger charge is -2.17. The lowest BCUT2D eigenvalue weighted by atomic mass is 10.1. The van der Waals surface area contributed by atoms with Crippen molar-refractivity contribution in [1.29, 1.82) is 0 Å². The Morgan fingerprint density at radius 3 is 2.50 bits per heavy atom. The number of hydrogen-bond donors (Lipinski definition) is 1. The van der Waals surface area contributed by atoms with Crippen LogP contribution >= 0.6 is 0 Å². The highest BCUT2D eigenvalue weighted by molar-refractivity contribution is 5.94. The first-order chi connectivity index (χ1) is 8.69. The number of carbonyl (C=O) groups is 1. The number of aryl methyl sites for hydroxylation is 1. The number of amides is 1. The van der Waals surface area contributed by atoms with Crippen molar-refractivity contribution < 1.29 is 14.6 Å². The quantitative estimate of drug-likeness (QED) is 0.744. The van der Waals surface area contributed by atoms with Crippen LogP contribution in [0.1, 0.15) is 22.8 Å². The van der Waals surface area contributed by atoms with Gasteiger partial charge in [0.2, 0.25) is 0 Å². The summed E-state index contributed by atoms with van der Waals surface area (Å²) in [4.78, 5) is 13.7. The second-order valence-corrected chi connectivity index (χ2v) is 4.11. The van der Waals surface area contributed by atoms with Crippen molar-refractivity contribution in [3.05, 3.63) is 35.4 Å². The third-order valence-corrected chi connectivity index (χ3v) is 2.76. The highest BCUT2D eigenvalue weighted by Gasteiger charge is 2.10. The predicted molar refractivity (Wildman–Crippen MR) is 70.7 cm³/mol. The third kappa shape index (κ3) is 4.47.